The van der Waals surface area contributed by atoms with Crippen LogP contribution in [0.2, 0.25) is 5.02 Å². The number of hydrogen-bond donors (Lipinski definition) is 1. The smallest absolute Gasteiger partial charge is 0.0406 e. The van der Waals surface area contributed by atoms with Crippen molar-refractivity contribution in [2.75, 3.05) is 12.4 Å². The van der Waals surface area contributed by atoms with Crippen molar-refractivity contribution in [1.29, 1.82) is 0 Å². The molecule has 3 heteroatoms. The van der Waals surface area contributed by atoms with Gasteiger partial charge in [0.15, 0.2) is 0 Å². The average Bonchev–Trinajstić information content (AvgIpc) is 2.21. The zero-order chi connectivity index (χ0) is 10.2. The van der Waals surface area contributed by atoms with E-state index < -0.39 is 0 Å². The molecule has 0 spiro atoms. The molecule has 14 heavy (non-hydrogen) atoms. The van der Waals surface area contributed by atoms with E-state index in [2.05, 4.69) is 5.32 Å². The first-order valence-corrected chi connectivity index (χ1v) is 5.40. The maximum absolute atomic E-state index is 5.77. The number of hydrogen-bond acceptors (Lipinski definition) is 1. The highest BCUT2D eigenvalue weighted by atomic mass is 35.5. The normalized spacial score (nSPS) is 11.0. The second-order valence-electron chi connectivity index (χ2n) is 2.88. The Morgan fingerprint density at radius 3 is 2.50 bits per heavy atom. The van der Waals surface area contributed by atoms with E-state index in [0.717, 1.165) is 18.1 Å². The third-order valence-corrected chi connectivity index (χ3v) is 2.19. The number of halogens is 2. The largest absolute Gasteiger partial charge is 0.309 e. The monoisotopic (exact) mass is 229 g/mol. The minimum Gasteiger partial charge on any atom is -0.309 e. The molecule has 0 aliphatic carbocycles. The molecule has 0 bridgehead atoms. The topological polar surface area (TPSA) is 12.0 Å². The van der Waals surface area contributed by atoms with E-state index in [1.54, 1.807) is 0 Å². The van der Waals surface area contributed by atoms with E-state index in [0.29, 0.717) is 5.88 Å². The van der Waals surface area contributed by atoms with Crippen molar-refractivity contribution in [1.82, 2.24) is 5.32 Å². The first-order chi connectivity index (χ1) is 6.83. The summed E-state index contributed by atoms with van der Waals surface area (Å²) < 4.78 is 0. The summed E-state index contributed by atoms with van der Waals surface area (Å²) in [6.07, 6.45) is 3.94. The minimum absolute atomic E-state index is 0.572. The number of rotatable bonds is 5. The molecule has 0 heterocycles. The van der Waals surface area contributed by atoms with Crippen LogP contribution < -0.4 is 5.32 Å². The van der Waals surface area contributed by atoms with Gasteiger partial charge in [-0.25, -0.2) is 0 Å². The van der Waals surface area contributed by atoms with Gasteiger partial charge in [-0.05, 0) is 17.7 Å². The van der Waals surface area contributed by atoms with Gasteiger partial charge in [-0.15, -0.1) is 11.6 Å². The Bertz CT molecular complexity index is 280. The maximum atomic E-state index is 5.77. The van der Waals surface area contributed by atoms with Crippen LogP contribution in [0.15, 0.2) is 36.4 Å². The fourth-order valence-corrected chi connectivity index (χ4v) is 1.30. The molecular formula is C11H13Cl2N. The molecular weight excluding hydrogens is 217 g/mol. The molecule has 76 valence electrons. The zero-order valence-corrected chi connectivity index (χ0v) is 9.35. The lowest BCUT2D eigenvalue weighted by Crippen LogP contribution is -2.12. The summed E-state index contributed by atoms with van der Waals surface area (Å²) in [6.45, 7) is 1.69. The molecule has 1 nitrogen and oxygen atoms in total. The highest BCUT2D eigenvalue weighted by Gasteiger charge is 1.90. The lowest BCUT2D eigenvalue weighted by Gasteiger charge is -2.01. The fourth-order valence-electron chi connectivity index (χ4n) is 1.05. The zero-order valence-electron chi connectivity index (χ0n) is 7.84. The standard InChI is InChI=1S/C11H13Cl2N/c12-7-1-2-8-14-9-10-3-5-11(13)6-4-10/h1-6,14H,7-9H2/b2-1+. The van der Waals surface area contributed by atoms with Crippen LogP contribution in [0.3, 0.4) is 0 Å². The van der Waals surface area contributed by atoms with Crippen LogP contribution >= 0.6 is 23.2 Å². The predicted molar refractivity (Wildman–Crippen MR) is 63.0 cm³/mol. The molecule has 0 fully saturated rings. The Kier molecular flexibility index (Phi) is 5.69. The van der Waals surface area contributed by atoms with Gasteiger partial charge in [0.2, 0.25) is 0 Å². The van der Waals surface area contributed by atoms with E-state index in [-0.39, 0.29) is 0 Å². The van der Waals surface area contributed by atoms with E-state index in [1.165, 1.54) is 5.56 Å². The molecule has 1 rings (SSSR count). The van der Waals surface area contributed by atoms with Crippen molar-refractivity contribution in [2.24, 2.45) is 0 Å². The van der Waals surface area contributed by atoms with Crippen LogP contribution in [-0.2, 0) is 6.54 Å². The highest BCUT2D eigenvalue weighted by Crippen LogP contribution is 2.08. The van der Waals surface area contributed by atoms with Gasteiger partial charge < -0.3 is 5.32 Å². The molecule has 0 aliphatic heterocycles. The van der Waals surface area contributed by atoms with Crippen molar-refractivity contribution in [2.45, 2.75) is 6.54 Å². The minimum atomic E-state index is 0.572. The van der Waals surface area contributed by atoms with Crippen LogP contribution in [0.4, 0.5) is 0 Å². The molecule has 0 saturated carbocycles. The third-order valence-electron chi connectivity index (χ3n) is 1.76. The number of allylic oxidation sites excluding steroid dienone is 1. The van der Waals surface area contributed by atoms with Crippen molar-refractivity contribution >= 4 is 23.2 Å². The fraction of sp³-hybridized carbons (Fsp3) is 0.273. The maximum Gasteiger partial charge on any atom is 0.0406 e. The summed E-state index contributed by atoms with van der Waals surface area (Å²) >= 11 is 11.3. The highest BCUT2D eigenvalue weighted by molar-refractivity contribution is 6.30. The van der Waals surface area contributed by atoms with Crippen LogP contribution in [-0.4, -0.2) is 12.4 Å². The van der Waals surface area contributed by atoms with Gasteiger partial charge >= 0.3 is 0 Å². The molecule has 0 unspecified atom stereocenters. The third kappa shape index (κ3) is 4.66. The summed E-state index contributed by atoms with van der Waals surface area (Å²) in [7, 11) is 0. The van der Waals surface area contributed by atoms with Gasteiger partial charge in [-0.1, -0.05) is 35.9 Å². The summed E-state index contributed by atoms with van der Waals surface area (Å²) in [4.78, 5) is 0. The molecule has 1 aromatic rings. The Labute approximate surface area is 94.7 Å². The molecule has 0 aromatic heterocycles. The molecule has 0 aliphatic rings. The van der Waals surface area contributed by atoms with E-state index in [1.807, 2.05) is 36.4 Å². The van der Waals surface area contributed by atoms with Crippen molar-refractivity contribution < 1.29 is 0 Å². The Morgan fingerprint density at radius 1 is 1.14 bits per heavy atom. The second-order valence-corrected chi connectivity index (χ2v) is 3.63. The number of nitrogens with one attached hydrogen (secondary N) is 1. The van der Waals surface area contributed by atoms with Crippen LogP contribution in [0, 0.1) is 0 Å². The Morgan fingerprint density at radius 2 is 1.86 bits per heavy atom. The Hall–Kier alpha value is -0.500. The Balaban J connectivity index is 2.25. The number of benzene rings is 1. The summed E-state index contributed by atoms with van der Waals surface area (Å²) in [5.74, 6) is 0.572. The van der Waals surface area contributed by atoms with Crippen LogP contribution in [0.1, 0.15) is 5.56 Å². The average molecular weight is 230 g/mol. The van der Waals surface area contributed by atoms with E-state index in [4.69, 9.17) is 23.2 Å². The lowest BCUT2D eigenvalue weighted by atomic mass is 10.2. The van der Waals surface area contributed by atoms with Gasteiger partial charge in [-0.3, -0.25) is 0 Å². The van der Waals surface area contributed by atoms with Gasteiger partial charge in [0.05, 0.1) is 0 Å². The lowest BCUT2D eigenvalue weighted by molar-refractivity contribution is 0.759. The van der Waals surface area contributed by atoms with E-state index in [9.17, 15) is 0 Å². The summed E-state index contributed by atoms with van der Waals surface area (Å²) in [5.41, 5.74) is 1.23. The van der Waals surface area contributed by atoms with E-state index >= 15 is 0 Å². The first-order valence-electron chi connectivity index (χ1n) is 4.49. The predicted octanol–water partition coefficient (Wildman–Crippen LogP) is 3.22. The summed E-state index contributed by atoms with van der Waals surface area (Å²) in [6, 6.07) is 7.82. The first kappa shape index (κ1) is 11.6. The molecule has 1 N–H and O–H groups in total. The van der Waals surface area contributed by atoms with Gasteiger partial charge in [0, 0.05) is 24.0 Å². The van der Waals surface area contributed by atoms with Gasteiger partial charge in [-0.2, -0.15) is 0 Å². The SMILES string of the molecule is ClC/C=C/CNCc1ccc(Cl)cc1. The molecule has 0 amide bonds. The van der Waals surface area contributed by atoms with Crippen LogP contribution in [0.5, 0.6) is 0 Å². The molecule has 0 radical (unpaired) electrons. The summed E-state index contributed by atoms with van der Waals surface area (Å²) in [5, 5.41) is 4.04. The molecule has 0 saturated heterocycles. The van der Waals surface area contributed by atoms with Crippen LogP contribution in [0.25, 0.3) is 0 Å². The van der Waals surface area contributed by atoms with Crippen molar-refractivity contribution in [3.63, 3.8) is 0 Å². The molecule has 1 aromatic carbocycles. The quantitative estimate of drug-likeness (QED) is 0.465. The van der Waals surface area contributed by atoms with Crippen molar-refractivity contribution in [3.05, 3.63) is 47.0 Å². The number of alkyl halides is 1. The van der Waals surface area contributed by atoms with Crippen molar-refractivity contribution in [3.8, 4) is 0 Å². The molecule has 0 atom stereocenters. The van der Waals surface area contributed by atoms with Gasteiger partial charge in [0.25, 0.3) is 0 Å². The van der Waals surface area contributed by atoms with Gasteiger partial charge in [0.1, 0.15) is 0 Å². The second kappa shape index (κ2) is 6.88.